The summed E-state index contributed by atoms with van der Waals surface area (Å²) < 4.78 is 25.0. The van der Waals surface area contributed by atoms with E-state index in [1.165, 1.54) is 17.8 Å². The molecule has 5 nitrogen and oxygen atoms in total. The standard InChI is InChI=1S/C29H30FN3O2/c1-3-32-15-17-33(18-16-32)25-11-7-23(8-12-25)29-31-28(21(2)34-29)20-22-5-4-6-27(19-22)35-26-13-9-24(30)10-14-26/h4-14,19H,3,15-18,20H2,1-2H3. The van der Waals surface area contributed by atoms with E-state index in [1.807, 2.05) is 31.2 Å². The number of anilines is 1. The first-order valence-corrected chi connectivity index (χ1v) is 12.1. The summed E-state index contributed by atoms with van der Waals surface area (Å²) in [6.45, 7) is 9.61. The number of likely N-dealkylation sites (N-methyl/N-ethyl adjacent to an activating group) is 1. The second-order valence-corrected chi connectivity index (χ2v) is 8.87. The number of hydrogen-bond acceptors (Lipinski definition) is 5. The zero-order valence-electron chi connectivity index (χ0n) is 20.2. The van der Waals surface area contributed by atoms with Crippen molar-refractivity contribution in [1.29, 1.82) is 0 Å². The van der Waals surface area contributed by atoms with Gasteiger partial charge < -0.3 is 19.0 Å². The number of halogens is 1. The van der Waals surface area contributed by atoms with Gasteiger partial charge in [0, 0.05) is 43.9 Å². The Balaban J connectivity index is 1.26. The number of aromatic nitrogens is 1. The zero-order chi connectivity index (χ0) is 24.2. The third-order valence-electron chi connectivity index (χ3n) is 6.51. The molecule has 6 heteroatoms. The summed E-state index contributed by atoms with van der Waals surface area (Å²) in [5, 5.41) is 0. The maximum Gasteiger partial charge on any atom is 0.226 e. The highest BCUT2D eigenvalue weighted by Gasteiger charge is 2.17. The van der Waals surface area contributed by atoms with Gasteiger partial charge in [-0.3, -0.25) is 0 Å². The van der Waals surface area contributed by atoms with Crippen molar-refractivity contribution in [2.24, 2.45) is 0 Å². The van der Waals surface area contributed by atoms with Crippen LogP contribution in [0.1, 0.15) is 23.9 Å². The van der Waals surface area contributed by atoms with Crippen molar-refractivity contribution in [2.75, 3.05) is 37.6 Å². The topological polar surface area (TPSA) is 41.7 Å². The number of ether oxygens (including phenoxy) is 1. The molecule has 0 atom stereocenters. The summed E-state index contributed by atoms with van der Waals surface area (Å²) in [6, 6.07) is 22.4. The van der Waals surface area contributed by atoms with Gasteiger partial charge in [-0.1, -0.05) is 19.1 Å². The molecule has 1 fully saturated rings. The van der Waals surface area contributed by atoms with E-state index in [1.54, 1.807) is 12.1 Å². The lowest BCUT2D eigenvalue weighted by atomic mass is 10.1. The Morgan fingerprint density at radius 1 is 0.914 bits per heavy atom. The SMILES string of the molecule is CCN1CCN(c2ccc(-c3nc(Cc4cccc(Oc5ccc(F)cc5)c4)c(C)o3)cc2)CC1. The summed E-state index contributed by atoms with van der Waals surface area (Å²) in [5.74, 6) is 2.46. The van der Waals surface area contributed by atoms with Crippen molar-refractivity contribution in [1.82, 2.24) is 9.88 Å². The van der Waals surface area contributed by atoms with E-state index in [0.29, 0.717) is 23.8 Å². The largest absolute Gasteiger partial charge is 0.457 e. The molecule has 0 aliphatic carbocycles. The van der Waals surface area contributed by atoms with Crippen LogP contribution < -0.4 is 9.64 Å². The van der Waals surface area contributed by atoms with Crippen molar-refractivity contribution in [2.45, 2.75) is 20.3 Å². The van der Waals surface area contributed by atoms with Gasteiger partial charge in [0.2, 0.25) is 5.89 Å². The molecule has 0 saturated carbocycles. The molecular weight excluding hydrogens is 441 g/mol. The maximum absolute atomic E-state index is 13.1. The molecule has 5 rings (SSSR count). The fourth-order valence-corrected chi connectivity index (χ4v) is 4.40. The minimum atomic E-state index is -0.284. The molecule has 2 heterocycles. The smallest absolute Gasteiger partial charge is 0.226 e. The van der Waals surface area contributed by atoms with Gasteiger partial charge in [0.15, 0.2) is 0 Å². The summed E-state index contributed by atoms with van der Waals surface area (Å²) in [4.78, 5) is 9.70. The lowest BCUT2D eigenvalue weighted by molar-refractivity contribution is 0.271. The molecule has 0 bridgehead atoms. The Morgan fingerprint density at radius 2 is 1.66 bits per heavy atom. The molecule has 1 aliphatic rings. The normalized spacial score (nSPS) is 14.3. The number of nitrogens with zero attached hydrogens (tertiary/aromatic N) is 3. The fraction of sp³-hybridized carbons (Fsp3) is 0.276. The third kappa shape index (κ3) is 5.54. The molecule has 0 unspecified atom stereocenters. The lowest BCUT2D eigenvalue weighted by Crippen LogP contribution is -2.46. The van der Waals surface area contributed by atoms with Gasteiger partial charge in [0.05, 0.1) is 5.69 Å². The van der Waals surface area contributed by atoms with Crippen molar-refractivity contribution in [3.05, 3.63) is 95.6 Å². The van der Waals surface area contributed by atoms with E-state index in [0.717, 1.165) is 55.3 Å². The first-order chi connectivity index (χ1) is 17.1. The minimum Gasteiger partial charge on any atom is -0.457 e. The van der Waals surface area contributed by atoms with Crippen molar-refractivity contribution >= 4 is 5.69 Å². The number of rotatable bonds is 7. The number of hydrogen-bond donors (Lipinski definition) is 0. The summed E-state index contributed by atoms with van der Waals surface area (Å²) in [6.07, 6.45) is 0.635. The zero-order valence-corrected chi connectivity index (χ0v) is 20.2. The molecule has 3 aromatic carbocycles. The molecule has 0 N–H and O–H groups in total. The van der Waals surface area contributed by atoms with Crippen molar-refractivity contribution in [3.63, 3.8) is 0 Å². The molecule has 4 aromatic rings. The molecule has 0 amide bonds. The van der Waals surface area contributed by atoms with Gasteiger partial charge in [0.1, 0.15) is 23.1 Å². The lowest BCUT2D eigenvalue weighted by Gasteiger charge is -2.35. The van der Waals surface area contributed by atoms with Crippen LogP contribution in [0.3, 0.4) is 0 Å². The van der Waals surface area contributed by atoms with Crippen LogP contribution in [0.15, 0.2) is 77.2 Å². The minimum absolute atomic E-state index is 0.284. The van der Waals surface area contributed by atoms with Crippen LogP contribution in [-0.2, 0) is 6.42 Å². The molecule has 1 saturated heterocycles. The van der Waals surface area contributed by atoms with Crippen LogP contribution in [0.25, 0.3) is 11.5 Å². The Kier molecular flexibility index (Phi) is 6.82. The molecular formula is C29H30FN3O2. The molecule has 0 radical (unpaired) electrons. The van der Waals surface area contributed by atoms with Gasteiger partial charge in [-0.15, -0.1) is 0 Å². The van der Waals surface area contributed by atoms with Gasteiger partial charge >= 0.3 is 0 Å². The molecule has 180 valence electrons. The average Bonchev–Trinajstić information content (AvgIpc) is 3.26. The second-order valence-electron chi connectivity index (χ2n) is 8.87. The Hall–Kier alpha value is -3.64. The van der Waals surface area contributed by atoms with Crippen LogP contribution in [-0.4, -0.2) is 42.6 Å². The number of aryl methyl sites for hydroxylation is 1. The monoisotopic (exact) mass is 471 g/mol. The molecule has 1 aliphatic heterocycles. The van der Waals surface area contributed by atoms with E-state index in [4.69, 9.17) is 14.1 Å². The Labute approximate surface area is 205 Å². The molecule has 0 spiro atoms. The third-order valence-corrected chi connectivity index (χ3v) is 6.51. The highest BCUT2D eigenvalue weighted by atomic mass is 19.1. The van der Waals surface area contributed by atoms with E-state index < -0.39 is 0 Å². The molecule has 35 heavy (non-hydrogen) atoms. The van der Waals surface area contributed by atoms with Crippen LogP contribution in [0.4, 0.5) is 10.1 Å². The van der Waals surface area contributed by atoms with Crippen molar-refractivity contribution in [3.8, 4) is 23.0 Å². The van der Waals surface area contributed by atoms with Gasteiger partial charge in [-0.2, -0.15) is 0 Å². The number of piperazine rings is 1. The van der Waals surface area contributed by atoms with E-state index in [9.17, 15) is 4.39 Å². The predicted octanol–water partition coefficient (Wildman–Crippen LogP) is 6.31. The summed E-state index contributed by atoms with van der Waals surface area (Å²) in [5.41, 5.74) is 4.18. The number of benzene rings is 3. The van der Waals surface area contributed by atoms with E-state index in [2.05, 4.69) is 41.0 Å². The summed E-state index contributed by atoms with van der Waals surface area (Å²) >= 11 is 0. The first kappa shape index (κ1) is 23.1. The van der Waals surface area contributed by atoms with E-state index >= 15 is 0 Å². The van der Waals surface area contributed by atoms with Gasteiger partial charge in [0.25, 0.3) is 0 Å². The molecule has 1 aromatic heterocycles. The fourth-order valence-electron chi connectivity index (χ4n) is 4.40. The summed E-state index contributed by atoms with van der Waals surface area (Å²) in [7, 11) is 0. The average molecular weight is 472 g/mol. The van der Waals surface area contributed by atoms with Crippen LogP contribution >= 0.6 is 0 Å². The quantitative estimate of drug-likeness (QED) is 0.316. The Morgan fingerprint density at radius 3 is 2.37 bits per heavy atom. The Bertz CT molecular complexity index is 1260. The van der Waals surface area contributed by atoms with Crippen LogP contribution in [0.5, 0.6) is 11.5 Å². The highest BCUT2D eigenvalue weighted by Crippen LogP contribution is 2.28. The van der Waals surface area contributed by atoms with Gasteiger partial charge in [-0.05, 0) is 79.7 Å². The van der Waals surface area contributed by atoms with Crippen LogP contribution in [0, 0.1) is 12.7 Å². The van der Waals surface area contributed by atoms with Gasteiger partial charge in [-0.25, -0.2) is 9.37 Å². The maximum atomic E-state index is 13.1. The van der Waals surface area contributed by atoms with E-state index in [-0.39, 0.29) is 5.82 Å². The second kappa shape index (κ2) is 10.3. The predicted molar refractivity (Wildman–Crippen MR) is 137 cm³/mol. The number of oxazole rings is 1. The highest BCUT2D eigenvalue weighted by molar-refractivity contribution is 5.60. The first-order valence-electron chi connectivity index (χ1n) is 12.1. The van der Waals surface area contributed by atoms with Crippen LogP contribution in [0.2, 0.25) is 0 Å². The van der Waals surface area contributed by atoms with Crippen molar-refractivity contribution < 1.29 is 13.5 Å².